The normalized spacial score (nSPS) is 12.0. The van der Waals surface area contributed by atoms with E-state index in [-0.39, 0.29) is 11.9 Å². The van der Waals surface area contributed by atoms with E-state index in [1.165, 1.54) is 5.56 Å². The summed E-state index contributed by atoms with van der Waals surface area (Å²) in [6.07, 6.45) is 2.82. The second-order valence-corrected chi connectivity index (χ2v) is 6.51. The Bertz CT molecular complexity index is 623. The van der Waals surface area contributed by atoms with Crippen LogP contribution < -0.4 is 5.32 Å². The van der Waals surface area contributed by atoms with Crippen LogP contribution in [0.1, 0.15) is 30.9 Å². The lowest BCUT2D eigenvalue weighted by atomic mass is 10.1. The van der Waals surface area contributed by atoms with Crippen molar-refractivity contribution in [1.82, 2.24) is 5.32 Å². The molecule has 0 saturated carbocycles. The van der Waals surface area contributed by atoms with Crippen molar-refractivity contribution in [2.24, 2.45) is 0 Å². The van der Waals surface area contributed by atoms with E-state index in [1.807, 2.05) is 25.1 Å². The van der Waals surface area contributed by atoms with Gasteiger partial charge in [-0.25, -0.2) is 0 Å². The molecule has 1 N–H and O–H groups in total. The van der Waals surface area contributed by atoms with Gasteiger partial charge in [-0.3, -0.25) is 4.79 Å². The Hall–Kier alpha value is -1.51. The summed E-state index contributed by atoms with van der Waals surface area (Å²) in [7, 11) is 0. The number of benzene rings is 2. The van der Waals surface area contributed by atoms with Crippen molar-refractivity contribution < 1.29 is 4.79 Å². The lowest BCUT2D eigenvalue weighted by molar-refractivity contribution is -0.121. The summed E-state index contributed by atoms with van der Waals surface area (Å²) >= 11 is 12.2. The van der Waals surface area contributed by atoms with Crippen LogP contribution in [-0.4, -0.2) is 11.9 Å². The van der Waals surface area contributed by atoms with Crippen molar-refractivity contribution >= 4 is 29.1 Å². The topological polar surface area (TPSA) is 29.1 Å². The highest BCUT2D eigenvalue weighted by Gasteiger charge is 2.11. The van der Waals surface area contributed by atoms with Gasteiger partial charge >= 0.3 is 0 Å². The van der Waals surface area contributed by atoms with Gasteiger partial charge in [0.1, 0.15) is 0 Å². The molecule has 0 aromatic heterocycles. The standard InChI is InChI=1S/C19H21Cl2NO/c1-14(10-11-15-6-3-2-4-7-15)22-19(23)13-12-16-17(20)8-5-9-18(16)21/h2-9,14H,10-13H2,1H3,(H,22,23)/t14-/m1/s1. The maximum atomic E-state index is 12.1. The predicted octanol–water partition coefficient (Wildman–Crippen LogP) is 5.06. The number of halogens is 2. The summed E-state index contributed by atoms with van der Waals surface area (Å²) in [6, 6.07) is 15.8. The van der Waals surface area contributed by atoms with Crippen molar-refractivity contribution in [1.29, 1.82) is 0 Å². The fourth-order valence-corrected chi connectivity index (χ4v) is 3.04. The van der Waals surface area contributed by atoms with Crippen molar-refractivity contribution in [3.8, 4) is 0 Å². The molecule has 0 fully saturated rings. The first-order valence-electron chi connectivity index (χ1n) is 7.82. The van der Waals surface area contributed by atoms with Gasteiger partial charge in [0.15, 0.2) is 0 Å². The Morgan fingerprint density at radius 3 is 2.30 bits per heavy atom. The van der Waals surface area contributed by atoms with E-state index in [9.17, 15) is 4.79 Å². The molecule has 1 atom stereocenters. The summed E-state index contributed by atoms with van der Waals surface area (Å²) in [5, 5.41) is 4.26. The Labute approximate surface area is 147 Å². The summed E-state index contributed by atoms with van der Waals surface area (Å²) < 4.78 is 0. The van der Waals surface area contributed by atoms with E-state index < -0.39 is 0 Å². The average Bonchev–Trinajstić information content (AvgIpc) is 2.53. The Balaban J connectivity index is 1.76. The number of carbonyl (C=O) groups is 1. The maximum Gasteiger partial charge on any atom is 0.220 e. The highest BCUT2D eigenvalue weighted by molar-refractivity contribution is 6.36. The molecule has 23 heavy (non-hydrogen) atoms. The fraction of sp³-hybridized carbons (Fsp3) is 0.316. The largest absolute Gasteiger partial charge is 0.354 e. The second kappa shape index (κ2) is 8.95. The second-order valence-electron chi connectivity index (χ2n) is 5.69. The number of amides is 1. The zero-order chi connectivity index (χ0) is 16.7. The van der Waals surface area contributed by atoms with Crippen LogP contribution in [0.5, 0.6) is 0 Å². The summed E-state index contributed by atoms with van der Waals surface area (Å²) in [5.74, 6) is 0.0292. The molecule has 0 heterocycles. The molecule has 0 aliphatic rings. The lowest BCUT2D eigenvalue weighted by Gasteiger charge is -2.14. The Kier molecular flexibility index (Phi) is 6.94. The minimum absolute atomic E-state index is 0.0292. The first kappa shape index (κ1) is 17.8. The summed E-state index contributed by atoms with van der Waals surface area (Å²) in [6.45, 7) is 2.03. The summed E-state index contributed by atoms with van der Waals surface area (Å²) in [4.78, 5) is 12.1. The molecule has 0 spiro atoms. The number of rotatable bonds is 7. The molecule has 0 unspecified atom stereocenters. The third-order valence-electron chi connectivity index (χ3n) is 3.78. The van der Waals surface area contributed by atoms with E-state index in [2.05, 4.69) is 17.4 Å². The molecule has 0 aliphatic heterocycles. The predicted molar refractivity (Wildman–Crippen MR) is 97.2 cm³/mol. The third kappa shape index (κ3) is 5.89. The van der Waals surface area contributed by atoms with E-state index in [1.54, 1.807) is 18.2 Å². The summed E-state index contributed by atoms with van der Waals surface area (Å²) in [5.41, 5.74) is 2.12. The number of nitrogens with one attached hydrogen (secondary N) is 1. The van der Waals surface area contributed by atoms with Gasteiger partial charge in [0.2, 0.25) is 5.91 Å². The van der Waals surface area contributed by atoms with Crippen LogP contribution in [0.3, 0.4) is 0 Å². The highest BCUT2D eigenvalue weighted by Crippen LogP contribution is 2.25. The zero-order valence-electron chi connectivity index (χ0n) is 13.2. The van der Waals surface area contributed by atoms with Gasteiger partial charge in [0.25, 0.3) is 0 Å². The number of carbonyl (C=O) groups excluding carboxylic acids is 1. The van der Waals surface area contributed by atoms with Crippen LogP contribution in [0.25, 0.3) is 0 Å². The monoisotopic (exact) mass is 349 g/mol. The minimum Gasteiger partial charge on any atom is -0.354 e. The van der Waals surface area contributed by atoms with Crippen molar-refractivity contribution in [3.63, 3.8) is 0 Å². The third-order valence-corrected chi connectivity index (χ3v) is 4.49. The molecule has 2 aromatic carbocycles. The highest BCUT2D eigenvalue weighted by atomic mass is 35.5. The van der Waals surface area contributed by atoms with Gasteiger partial charge in [0, 0.05) is 22.5 Å². The minimum atomic E-state index is 0.0292. The zero-order valence-corrected chi connectivity index (χ0v) is 14.7. The number of aryl methyl sites for hydroxylation is 1. The fourth-order valence-electron chi connectivity index (χ4n) is 2.46. The van der Waals surface area contributed by atoms with Gasteiger partial charge in [-0.05, 0) is 49.4 Å². The van der Waals surface area contributed by atoms with E-state index in [0.29, 0.717) is 22.9 Å². The Morgan fingerprint density at radius 1 is 1.00 bits per heavy atom. The number of hydrogen-bond donors (Lipinski definition) is 1. The Morgan fingerprint density at radius 2 is 1.65 bits per heavy atom. The van der Waals surface area contributed by atoms with Crippen LogP contribution in [0, 0.1) is 0 Å². The van der Waals surface area contributed by atoms with Gasteiger partial charge in [0.05, 0.1) is 0 Å². The smallest absolute Gasteiger partial charge is 0.220 e. The molecule has 2 rings (SSSR count). The van der Waals surface area contributed by atoms with Crippen LogP contribution in [0.4, 0.5) is 0 Å². The van der Waals surface area contributed by atoms with Crippen molar-refractivity contribution in [2.75, 3.05) is 0 Å². The van der Waals surface area contributed by atoms with Crippen LogP contribution in [-0.2, 0) is 17.6 Å². The lowest BCUT2D eigenvalue weighted by Crippen LogP contribution is -2.33. The van der Waals surface area contributed by atoms with Crippen molar-refractivity contribution in [2.45, 2.75) is 38.6 Å². The van der Waals surface area contributed by atoms with Crippen LogP contribution in [0.15, 0.2) is 48.5 Å². The molecule has 2 nitrogen and oxygen atoms in total. The van der Waals surface area contributed by atoms with E-state index >= 15 is 0 Å². The first-order valence-corrected chi connectivity index (χ1v) is 8.58. The molecule has 2 aromatic rings. The molecule has 0 radical (unpaired) electrons. The molecule has 4 heteroatoms. The van der Waals surface area contributed by atoms with Crippen molar-refractivity contribution in [3.05, 3.63) is 69.7 Å². The SMILES string of the molecule is C[C@H](CCc1ccccc1)NC(=O)CCc1c(Cl)cccc1Cl. The molecular formula is C19H21Cl2NO. The molecule has 0 saturated heterocycles. The van der Waals surface area contributed by atoms with Gasteiger partial charge in [-0.15, -0.1) is 0 Å². The molecule has 0 bridgehead atoms. The first-order chi connectivity index (χ1) is 11.1. The molecular weight excluding hydrogens is 329 g/mol. The van der Waals surface area contributed by atoms with Crippen LogP contribution in [0.2, 0.25) is 10.0 Å². The molecule has 1 amide bonds. The molecule has 0 aliphatic carbocycles. The van der Waals surface area contributed by atoms with Gasteiger partial charge in [-0.1, -0.05) is 59.6 Å². The maximum absolute atomic E-state index is 12.1. The van der Waals surface area contributed by atoms with Crippen LogP contribution >= 0.6 is 23.2 Å². The average molecular weight is 350 g/mol. The van der Waals surface area contributed by atoms with E-state index in [4.69, 9.17) is 23.2 Å². The van der Waals surface area contributed by atoms with E-state index in [0.717, 1.165) is 18.4 Å². The molecule has 122 valence electrons. The number of hydrogen-bond acceptors (Lipinski definition) is 1. The van der Waals surface area contributed by atoms with Gasteiger partial charge in [-0.2, -0.15) is 0 Å². The van der Waals surface area contributed by atoms with Gasteiger partial charge < -0.3 is 5.32 Å². The quantitative estimate of drug-likeness (QED) is 0.743.